The summed E-state index contributed by atoms with van der Waals surface area (Å²) in [5, 5.41) is 2.70. The smallest absolute Gasteiger partial charge is 0.407 e. The number of ketones is 1. The van der Waals surface area contributed by atoms with E-state index in [1.807, 2.05) is 0 Å². The van der Waals surface area contributed by atoms with Crippen LogP contribution in [0.3, 0.4) is 0 Å². The number of alkyl carbamates (subject to hydrolysis) is 1. The zero-order chi connectivity index (χ0) is 13.6. The number of hydrogen-bond acceptors (Lipinski definition) is 4. The van der Waals surface area contributed by atoms with Gasteiger partial charge in [0.1, 0.15) is 5.60 Å². The van der Waals surface area contributed by atoms with E-state index in [4.69, 9.17) is 21.1 Å². The number of ether oxygens (including phenoxy) is 2. The predicted octanol–water partition coefficient (Wildman–Crippen LogP) is 1.77. The Hall–Kier alpha value is -1.33. The Bertz CT molecular complexity index is 392. The number of rotatable bonds is 5. The lowest BCUT2D eigenvalue weighted by molar-refractivity contribution is -0.111. The molecular weight excluding hydrogens is 258 g/mol. The Kier molecular flexibility index (Phi) is 5.37. The molecule has 18 heavy (non-hydrogen) atoms. The van der Waals surface area contributed by atoms with Gasteiger partial charge in [0.25, 0.3) is 0 Å². The molecule has 0 saturated carbocycles. The second kappa shape index (κ2) is 6.56. The number of methoxy groups -OCH3 is 1. The highest BCUT2D eigenvalue weighted by molar-refractivity contribution is 6.44. The Labute approximate surface area is 111 Å². The molecule has 0 aromatic heterocycles. The van der Waals surface area contributed by atoms with Crippen molar-refractivity contribution in [2.24, 2.45) is 0 Å². The van der Waals surface area contributed by atoms with Crippen molar-refractivity contribution in [1.29, 1.82) is 0 Å². The van der Waals surface area contributed by atoms with Crippen LogP contribution < -0.4 is 5.32 Å². The summed E-state index contributed by atoms with van der Waals surface area (Å²) in [5.41, 5.74) is -0.759. The largest absolute Gasteiger partial charge is 0.450 e. The Morgan fingerprint density at radius 2 is 2.28 bits per heavy atom. The first kappa shape index (κ1) is 14.7. The minimum Gasteiger partial charge on any atom is -0.450 e. The van der Waals surface area contributed by atoms with Crippen molar-refractivity contribution in [1.82, 2.24) is 5.32 Å². The van der Waals surface area contributed by atoms with Crippen LogP contribution in [0.5, 0.6) is 0 Å². The Morgan fingerprint density at radius 1 is 1.56 bits per heavy atom. The van der Waals surface area contributed by atoms with E-state index in [9.17, 15) is 9.59 Å². The fourth-order valence-corrected chi connectivity index (χ4v) is 1.80. The summed E-state index contributed by atoms with van der Waals surface area (Å²) in [6.45, 7) is 2.40. The maximum Gasteiger partial charge on any atom is 0.407 e. The third-order valence-electron chi connectivity index (χ3n) is 2.56. The summed E-state index contributed by atoms with van der Waals surface area (Å²) in [6.07, 6.45) is 4.53. The average Bonchev–Trinajstić information content (AvgIpc) is 2.34. The quantitative estimate of drug-likeness (QED) is 0.829. The molecule has 1 atom stereocenters. The minimum atomic E-state index is -0.759. The fourth-order valence-electron chi connectivity index (χ4n) is 1.56. The van der Waals surface area contributed by atoms with Gasteiger partial charge in [0.05, 0.1) is 11.6 Å². The second-order valence-corrected chi connectivity index (χ2v) is 4.15. The second-order valence-electron chi connectivity index (χ2n) is 3.75. The number of carbonyl (C=O) groups is 2. The first-order valence-electron chi connectivity index (χ1n) is 5.60. The van der Waals surface area contributed by atoms with Crippen molar-refractivity contribution >= 4 is 23.5 Å². The van der Waals surface area contributed by atoms with Crippen LogP contribution in [0.2, 0.25) is 0 Å². The molecule has 1 unspecified atom stereocenters. The zero-order valence-corrected chi connectivity index (χ0v) is 11.1. The molecule has 0 aliphatic heterocycles. The number of nitrogens with one attached hydrogen (secondary N) is 1. The van der Waals surface area contributed by atoms with Gasteiger partial charge >= 0.3 is 6.09 Å². The van der Waals surface area contributed by atoms with Gasteiger partial charge in [0, 0.05) is 20.1 Å². The molecule has 0 radical (unpaired) electrons. The predicted molar refractivity (Wildman–Crippen MR) is 67.5 cm³/mol. The van der Waals surface area contributed by atoms with Gasteiger partial charge in [0.15, 0.2) is 5.78 Å². The summed E-state index contributed by atoms with van der Waals surface area (Å²) in [7, 11) is 1.52. The lowest BCUT2D eigenvalue weighted by atomic mass is 9.93. The molecule has 1 rings (SSSR count). The Balaban J connectivity index is 2.55. The fraction of sp³-hybridized carbons (Fsp3) is 0.500. The SMILES string of the molecule is CCOC(=O)NCCC1(OC)C=CC(=O)C(Cl)=C1. The molecule has 0 aromatic rings. The molecule has 0 aromatic carbocycles. The van der Waals surface area contributed by atoms with Crippen molar-refractivity contribution < 1.29 is 19.1 Å². The molecule has 6 heteroatoms. The summed E-state index contributed by atoms with van der Waals surface area (Å²) in [6, 6.07) is 0. The molecule has 1 aliphatic carbocycles. The van der Waals surface area contributed by atoms with E-state index in [1.165, 1.54) is 13.2 Å². The standard InChI is InChI=1S/C12H16ClNO4/c1-3-18-11(16)14-7-6-12(17-2)5-4-10(15)9(13)8-12/h4-5,8H,3,6-7H2,1-2H3,(H,14,16). The maximum atomic E-state index is 11.2. The Morgan fingerprint density at radius 3 is 2.83 bits per heavy atom. The van der Waals surface area contributed by atoms with E-state index in [0.29, 0.717) is 19.6 Å². The lowest BCUT2D eigenvalue weighted by Gasteiger charge is -2.28. The number of allylic oxidation sites excluding steroid dienone is 2. The molecule has 1 aliphatic rings. The molecular formula is C12H16ClNO4. The molecule has 0 fully saturated rings. The van der Waals surface area contributed by atoms with Crippen LogP contribution in [0.15, 0.2) is 23.3 Å². The van der Waals surface area contributed by atoms with Crippen molar-refractivity contribution in [2.75, 3.05) is 20.3 Å². The highest BCUT2D eigenvalue weighted by Gasteiger charge is 2.29. The number of carbonyl (C=O) groups excluding carboxylic acids is 2. The number of hydrogen-bond donors (Lipinski definition) is 1. The molecule has 1 N–H and O–H groups in total. The summed E-state index contributed by atoms with van der Waals surface area (Å²) in [4.78, 5) is 22.3. The molecule has 0 heterocycles. The highest BCUT2D eigenvalue weighted by Crippen LogP contribution is 2.26. The van der Waals surface area contributed by atoms with Crippen LogP contribution in [-0.2, 0) is 14.3 Å². The van der Waals surface area contributed by atoms with E-state index >= 15 is 0 Å². The lowest BCUT2D eigenvalue weighted by Crippen LogP contribution is -2.35. The van der Waals surface area contributed by atoms with Gasteiger partial charge in [-0.1, -0.05) is 11.6 Å². The average molecular weight is 274 g/mol. The van der Waals surface area contributed by atoms with Gasteiger partial charge in [0.2, 0.25) is 0 Å². The molecule has 0 bridgehead atoms. The van der Waals surface area contributed by atoms with E-state index in [0.717, 1.165) is 0 Å². The van der Waals surface area contributed by atoms with Crippen molar-refractivity contribution in [3.8, 4) is 0 Å². The molecule has 1 amide bonds. The van der Waals surface area contributed by atoms with Gasteiger partial charge in [-0.05, 0) is 25.2 Å². The zero-order valence-electron chi connectivity index (χ0n) is 10.4. The van der Waals surface area contributed by atoms with Gasteiger partial charge in [-0.15, -0.1) is 0 Å². The molecule has 5 nitrogen and oxygen atoms in total. The van der Waals surface area contributed by atoms with Crippen molar-refractivity contribution in [3.05, 3.63) is 23.3 Å². The maximum absolute atomic E-state index is 11.2. The number of halogens is 1. The first-order chi connectivity index (χ1) is 8.53. The molecule has 100 valence electrons. The summed E-state index contributed by atoms with van der Waals surface area (Å²) in [5.74, 6) is -0.248. The van der Waals surface area contributed by atoms with Crippen LogP contribution >= 0.6 is 11.6 Å². The van der Waals surface area contributed by atoms with E-state index in [1.54, 1.807) is 19.1 Å². The number of amides is 1. The van der Waals surface area contributed by atoms with E-state index in [2.05, 4.69) is 5.32 Å². The normalized spacial score (nSPS) is 22.6. The molecule has 0 saturated heterocycles. The van der Waals surface area contributed by atoms with Gasteiger partial charge in [-0.3, -0.25) is 4.79 Å². The summed E-state index contributed by atoms with van der Waals surface area (Å²) >= 11 is 5.79. The van der Waals surface area contributed by atoms with E-state index in [-0.39, 0.29) is 10.8 Å². The van der Waals surface area contributed by atoms with Crippen LogP contribution in [0.1, 0.15) is 13.3 Å². The van der Waals surface area contributed by atoms with Crippen LogP contribution in [0.25, 0.3) is 0 Å². The van der Waals surface area contributed by atoms with Crippen LogP contribution in [0.4, 0.5) is 4.79 Å². The van der Waals surface area contributed by atoms with Crippen LogP contribution in [0, 0.1) is 0 Å². The van der Waals surface area contributed by atoms with E-state index < -0.39 is 11.7 Å². The van der Waals surface area contributed by atoms with Gasteiger partial charge < -0.3 is 14.8 Å². The summed E-state index contributed by atoms with van der Waals surface area (Å²) < 4.78 is 10.1. The molecule has 0 spiro atoms. The third kappa shape index (κ3) is 3.85. The monoisotopic (exact) mass is 273 g/mol. The van der Waals surface area contributed by atoms with Crippen LogP contribution in [-0.4, -0.2) is 37.7 Å². The third-order valence-corrected chi connectivity index (χ3v) is 2.86. The topological polar surface area (TPSA) is 64.6 Å². The van der Waals surface area contributed by atoms with Crippen molar-refractivity contribution in [2.45, 2.75) is 18.9 Å². The van der Waals surface area contributed by atoms with Gasteiger partial charge in [-0.25, -0.2) is 4.79 Å². The van der Waals surface area contributed by atoms with Gasteiger partial charge in [-0.2, -0.15) is 0 Å². The first-order valence-corrected chi connectivity index (χ1v) is 5.98. The highest BCUT2D eigenvalue weighted by atomic mass is 35.5. The minimum absolute atomic E-state index is 0.121. The van der Waals surface area contributed by atoms with Crippen molar-refractivity contribution in [3.63, 3.8) is 0 Å².